The number of benzene rings is 1. The third-order valence-electron chi connectivity index (χ3n) is 2.62. The molecule has 0 aliphatic carbocycles. The number of amides is 1. The van der Waals surface area contributed by atoms with Crippen molar-refractivity contribution in [1.29, 1.82) is 0 Å². The van der Waals surface area contributed by atoms with E-state index in [1.54, 1.807) is 13.0 Å². The molecular formula is C13H17NO5. The number of ether oxygens (including phenoxy) is 1. The number of rotatable bonds is 6. The third-order valence-corrected chi connectivity index (χ3v) is 2.62. The van der Waals surface area contributed by atoms with Crippen LogP contribution in [0.2, 0.25) is 0 Å². The molecule has 0 saturated carbocycles. The molecule has 1 aromatic carbocycles. The molecule has 19 heavy (non-hydrogen) atoms. The second kappa shape index (κ2) is 6.63. The molecule has 1 amide bonds. The molecular weight excluding hydrogens is 250 g/mol. The van der Waals surface area contributed by atoms with Crippen LogP contribution in [0.1, 0.15) is 30.1 Å². The van der Waals surface area contributed by atoms with Crippen LogP contribution in [0.25, 0.3) is 0 Å². The van der Waals surface area contributed by atoms with Gasteiger partial charge in [0.05, 0.1) is 12.7 Å². The van der Waals surface area contributed by atoms with Crippen molar-refractivity contribution in [3.8, 4) is 11.5 Å². The third kappa shape index (κ3) is 4.50. The Kier molecular flexibility index (Phi) is 5.17. The Labute approximate surface area is 111 Å². The van der Waals surface area contributed by atoms with Gasteiger partial charge in [-0.15, -0.1) is 0 Å². The molecule has 104 valence electrons. The van der Waals surface area contributed by atoms with Crippen LogP contribution in [0.4, 0.5) is 0 Å². The smallest absolute Gasteiger partial charge is 0.303 e. The molecule has 0 saturated heterocycles. The van der Waals surface area contributed by atoms with Gasteiger partial charge in [-0.1, -0.05) is 0 Å². The number of phenolic OH excluding ortho intramolecular Hbond substituents is 1. The molecule has 0 fully saturated rings. The predicted octanol–water partition coefficient (Wildman–Crippen LogP) is 1.38. The highest BCUT2D eigenvalue weighted by Crippen LogP contribution is 2.22. The summed E-state index contributed by atoms with van der Waals surface area (Å²) in [6.07, 6.45) is 0.303. The van der Waals surface area contributed by atoms with E-state index >= 15 is 0 Å². The quantitative estimate of drug-likeness (QED) is 0.723. The molecule has 1 atom stereocenters. The summed E-state index contributed by atoms with van der Waals surface area (Å²) in [7, 11) is 1.46. The van der Waals surface area contributed by atoms with Gasteiger partial charge >= 0.3 is 5.97 Å². The summed E-state index contributed by atoms with van der Waals surface area (Å²) in [5.41, 5.74) is 0.0986. The number of hydrogen-bond donors (Lipinski definition) is 3. The minimum Gasteiger partial charge on any atom is -0.507 e. The highest BCUT2D eigenvalue weighted by atomic mass is 16.5. The summed E-state index contributed by atoms with van der Waals surface area (Å²) in [5.74, 6) is -1.07. The molecule has 6 nitrogen and oxygen atoms in total. The number of carbonyl (C=O) groups is 2. The van der Waals surface area contributed by atoms with Crippen molar-refractivity contribution in [2.75, 3.05) is 7.11 Å². The first-order chi connectivity index (χ1) is 8.93. The van der Waals surface area contributed by atoms with Crippen LogP contribution in [0, 0.1) is 0 Å². The number of aliphatic carboxylic acids is 1. The number of carboxylic acids is 1. The van der Waals surface area contributed by atoms with Gasteiger partial charge in [-0.05, 0) is 31.5 Å². The van der Waals surface area contributed by atoms with E-state index in [1.165, 1.54) is 19.2 Å². The van der Waals surface area contributed by atoms with Gasteiger partial charge in [0.2, 0.25) is 0 Å². The van der Waals surface area contributed by atoms with Crippen LogP contribution < -0.4 is 10.1 Å². The highest BCUT2D eigenvalue weighted by Gasteiger charge is 2.15. The number of carboxylic acid groups (broad SMARTS) is 1. The van der Waals surface area contributed by atoms with Gasteiger partial charge < -0.3 is 20.3 Å². The van der Waals surface area contributed by atoms with Gasteiger partial charge in [-0.25, -0.2) is 0 Å². The van der Waals surface area contributed by atoms with Gasteiger partial charge in [-0.2, -0.15) is 0 Å². The van der Waals surface area contributed by atoms with Crippen LogP contribution in [-0.2, 0) is 4.79 Å². The molecule has 0 aliphatic heterocycles. The fraction of sp³-hybridized carbons (Fsp3) is 0.385. The molecule has 0 heterocycles. The molecule has 3 N–H and O–H groups in total. The molecule has 0 spiro atoms. The van der Waals surface area contributed by atoms with Gasteiger partial charge in [0, 0.05) is 12.5 Å². The van der Waals surface area contributed by atoms with Gasteiger partial charge in [-0.3, -0.25) is 9.59 Å². The topological polar surface area (TPSA) is 95.9 Å². The summed E-state index contributed by atoms with van der Waals surface area (Å²) in [6, 6.07) is 4.04. The van der Waals surface area contributed by atoms with Crippen molar-refractivity contribution in [1.82, 2.24) is 5.32 Å². The Morgan fingerprint density at radius 1 is 1.42 bits per heavy atom. The van der Waals surface area contributed by atoms with Gasteiger partial charge in [0.15, 0.2) is 0 Å². The van der Waals surface area contributed by atoms with Crippen LogP contribution >= 0.6 is 0 Å². The van der Waals surface area contributed by atoms with Crippen LogP contribution in [0.3, 0.4) is 0 Å². The Bertz CT molecular complexity index is 472. The van der Waals surface area contributed by atoms with Gasteiger partial charge in [0.25, 0.3) is 5.91 Å². The SMILES string of the molecule is COc1ccc(O)c(C(=O)N[C@@H](C)CCC(=O)O)c1. The molecule has 1 rings (SSSR count). The number of hydrogen-bond acceptors (Lipinski definition) is 4. The number of carbonyl (C=O) groups excluding carboxylic acids is 1. The number of nitrogens with one attached hydrogen (secondary N) is 1. The second-order valence-electron chi connectivity index (χ2n) is 4.19. The zero-order valence-corrected chi connectivity index (χ0v) is 10.8. The van der Waals surface area contributed by atoms with E-state index in [0.717, 1.165) is 0 Å². The average molecular weight is 267 g/mol. The number of phenols is 1. The fourth-order valence-corrected chi connectivity index (χ4v) is 1.54. The summed E-state index contributed by atoms with van der Waals surface area (Å²) in [5, 5.41) is 20.8. The van der Waals surface area contributed by atoms with Crippen molar-refractivity contribution in [3.05, 3.63) is 23.8 Å². The van der Waals surface area contributed by atoms with Crippen LogP contribution in [0.5, 0.6) is 11.5 Å². The minimum atomic E-state index is -0.912. The van der Waals surface area contributed by atoms with E-state index in [0.29, 0.717) is 12.2 Å². The van der Waals surface area contributed by atoms with E-state index < -0.39 is 11.9 Å². The maximum absolute atomic E-state index is 11.9. The predicted molar refractivity (Wildman–Crippen MR) is 68.5 cm³/mol. The Morgan fingerprint density at radius 2 is 2.11 bits per heavy atom. The van der Waals surface area contributed by atoms with Crippen LogP contribution in [0.15, 0.2) is 18.2 Å². The summed E-state index contributed by atoms with van der Waals surface area (Å²) in [6.45, 7) is 1.71. The lowest BCUT2D eigenvalue weighted by atomic mass is 10.1. The van der Waals surface area contributed by atoms with E-state index in [1.807, 2.05) is 0 Å². The zero-order valence-electron chi connectivity index (χ0n) is 10.8. The van der Waals surface area contributed by atoms with E-state index in [4.69, 9.17) is 9.84 Å². The monoisotopic (exact) mass is 267 g/mol. The summed E-state index contributed by atoms with van der Waals surface area (Å²) < 4.78 is 4.98. The molecule has 0 aliphatic rings. The molecule has 1 aromatic rings. The Balaban J connectivity index is 2.69. The summed E-state index contributed by atoms with van der Waals surface area (Å²) >= 11 is 0. The van der Waals surface area contributed by atoms with Gasteiger partial charge in [0.1, 0.15) is 11.5 Å². The first-order valence-corrected chi connectivity index (χ1v) is 5.83. The largest absolute Gasteiger partial charge is 0.507 e. The van der Waals surface area contributed by atoms with Crippen molar-refractivity contribution in [2.45, 2.75) is 25.8 Å². The lowest BCUT2D eigenvalue weighted by Crippen LogP contribution is -2.33. The van der Waals surface area contributed by atoms with E-state index in [9.17, 15) is 14.7 Å². The fourth-order valence-electron chi connectivity index (χ4n) is 1.54. The molecule has 0 unspecified atom stereocenters. The standard InChI is InChI=1S/C13H17NO5/c1-8(3-6-12(16)17)14-13(18)10-7-9(19-2)4-5-11(10)15/h4-5,7-8,15H,3,6H2,1-2H3,(H,14,18)(H,16,17)/t8-/m0/s1. The molecule has 0 aromatic heterocycles. The number of aromatic hydroxyl groups is 1. The zero-order chi connectivity index (χ0) is 14.4. The molecule has 6 heteroatoms. The normalized spacial score (nSPS) is 11.7. The first-order valence-electron chi connectivity index (χ1n) is 5.83. The van der Waals surface area contributed by atoms with E-state index in [2.05, 4.69) is 5.32 Å². The van der Waals surface area contributed by atoms with Crippen molar-refractivity contribution in [3.63, 3.8) is 0 Å². The summed E-state index contributed by atoms with van der Waals surface area (Å²) in [4.78, 5) is 22.3. The van der Waals surface area contributed by atoms with Crippen LogP contribution in [-0.4, -0.2) is 35.2 Å². The minimum absolute atomic E-state index is 0.0223. The lowest BCUT2D eigenvalue weighted by molar-refractivity contribution is -0.137. The van der Waals surface area contributed by atoms with Crippen molar-refractivity contribution in [2.24, 2.45) is 0 Å². The Hall–Kier alpha value is -2.24. The molecule has 0 radical (unpaired) electrons. The maximum Gasteiger partial charge on any atom is 0.303 e. The average Bonchev–Trinajstić information content (AvgIpc) is 2.36. The second-order valence-corrected chi connectivity index (χ2v) is 4.19. The first kappa shape index (κ1) is 14.8. The van der Waals surface area contributed by atoms with E-state index in [-0.39, 0.29) is 23.8 Å². The maximum atomic E-state index is 11.9. The van der Waals surface area contributed by atoms with Crippen molar-refractivity contribution >= 4 is 11.9 Å². The molecule has 0 bridgehead atoms. The Morgan fingerprint density at radius 3 is 2.68 bits per heavy atom. The number of methoxy groups -OCH3 is 1. The van der Waals surface area contributed by atoms with Crippen molar-refractivity contribution < 1.29 is 24.5 Å². The lowest BCUT2D eigenvalue weighted by Gasteiger charge is -2.14. The highest BCUT2D eigenvalue weighted by molar-refractivity contribution is 5.97.